The van der Waals surface area contributed by atoms with Crippen molar-refractivity contribution in [3.8, 4) is 0 Å². The number of amides is 2. The lowest BCUT2D eigenvalue weighted by Gasteiger charge is -2.34. The van der Waals surface area contributed by atoms with E-state index in [2.05, 4.69) is 5.32 Å². The number of halogens is 1. The molecule has 1 fully saturated rings. The second-order valence-corrected chi connectivity index (χ2v) is 6.07. The molecule has 1 aliphatic rings. The average Bonchev–Trinajstić information content (AvgIpc) is 2.29. The monoisotopic (exact) mass is 290 g/mol. The van der Waals surface area contributed by atoms with Crippen molar-refractivity contribution < 1.29 is 14.3 Å². The molecule has 0 saturated heterocycles. The number of alkyl halides is 1. The molecular weight excluding hydrogens is 268 g/mol. The molecule has 19 heavy (non-hydrogen) atoms. The first-order valence-electron chi connectivity index (χ1n) is 6.66. The second-order valence-electron chi connectivity index (χ2n) is 5.80. The minimum Gasteiger partial charge on any atom is -0.444 e. The lowest BCUT2D eigenvalue weighted by molar-refractivity contribution is -0.119. The van der Waals surface area contributed by atoms with Crippen LogP contribution < -0.4 is 11.1 Å². The van der Waals surface area contributed by atoms with E-state index in [0.717, 1.165) is 32.1 Å². The van der Waals surface area contributed by atoms with Crippen LogP contribution in [0.1, 0.15) is 46.0 Å². The fraction of sp³-hybridized carbons (Fsp3) is 0.846. The predicted molar refractivity (Wildman–Crippen MR) is 74.0 cm³/mol. The minimum absolute atomic E-state index is 0.0133. The fourth-order valence-electron chi connectivity index (χ4n) is 2.79. The Bertz CT molecular complexity index is 326. The number of carbonyl (C=O) groups is 2. The predicted octanol–water partition coefficient (Wildman–Crippen LogP) is 2.16. The summed E-state index contributed by atoms with van der Waals surface area (Å²) >= 11 is 5.46. The van der Waals surface area contributed by atoms with Crippen LogP contribution >= 0.6 is 11.6 Å². The van der Waals surface area contributed by atoms with Gasteiger partial charge in [-0.25, -0.2) is 4.79 Å². The van der Waals surface area contributed by atoms with Crippen LogP contribution in [0.4, 0.5) is 4.79 Å². The van der Waals surface area contributed by atoms with Crippen molar-refractivity contribution in [1.82, 2.24) is 5.32 Å². The highest BCUT2D eigenvalue weighted by atomic mass is 35.5. The third kappa shape index (κ3) is 6.14. The lowest BCUT2D eigenvalue weighted by Crippen LogP contribution is -2.40. The molecule has 110 valence electrons. The van der Waals surface area contributed by atoms with Crippen molar-refractivity contribution in [3.63, 3.8) is 0 Å². The van der Waals surface area contributed by atoms with Gasteiger partial charge in [-0.1, -0.05) is 0 Å². The fourth-order valence-corrected chi connectivity index (χ4v) is 2.86. The Hall–Kier alpha value is -0.970. The van der Waals surface area contributed by atoms with E-state index < -0.39 is 11.7 Å². The Labute approximate surface area is 119 Å². The highest BCUT2D eigenvalue weighted by Gasteiger charge is 2.30. The summed E-state index contributed by atoms with van der Waals surface area (Å²) in [4.78, 5) is 22.0. The lowest BCUT2D eigenvalue weighted by atomic mass is 9.80. The zero-order valence-corrected chi connectivity index (χ0v) is 12.3. The van der Waals surface area contributed by atoms with E-state index in [1.165, 1.54) is 0 Å². The summed E-state index contributed by atoms with van der Waals surface area (Å²) in [6.45, 7) is 3.75. The first-order valence-corrected chi connectivity index (χ1v) is 7.19. The molecule has 0 atom stereocenters. The van der Waals surface area contributed by atoms with Crippen molar-refractivity contribution in [2.45, 2.75) is 57.6 Å². The molecule has 1 saturated carbocycles. The summed E-state index contributed by atoms with van der Waals surface area (Å²) in [5, 5.41) is 2.91. The summed E-state index contributed by atoms with van der Waals surface area (Å²) in [6.07, 6.45) is 3.98. The van der Waals surface area contributed by atoms with Gasteiger partial charge >= 0.3 is 6.09 Å². The van der Waals surface area contributed by atoms with Crippen molar-refractivity contribution in [2.75, 3.05) is 5.88 Å². The standard InChI is InChI=1S/C13H23ClN2O3/c1-13(2,19-12(15)18)7-9-3-5-10(6-4-9)16-11(17)8-14/h9-10H,3-8H2,1-2H3,(H2,15,18)(H,16,17). The Balaban J connectivity index is 2.33. The van der Waals surface area contributed by atoms with Gasteiger partial charge < -0.3 is 15.8 Å². The third-order valence-corrected chi connectivity index (χ3v) is 3.73. The van der Waals surface area contributed by atoms with Crippen molar-refractivity contribution in [1.29, 1.82) is 0 Å². The molecule has 1 rings (SSSR count). The van der Waals surface area contributed by atoms with Gasteiger partial charge in [0.25, 0.3) is 0 Å². The second kappa shape index (κ2) is 6.98. The number of nitrogens with one attached hydrogen (secondary N) is 1. The largest absolute Gasteiger partial charge is 0.444 e. The summed E-state index contributed by atoms with van der Waals surface area (Å²) in [5.41, 5.74) is 4.53. The van der Waals surface area contributed by atoms with Crippen LogP contribution in [0.25, 0.3) is 0 Å². The number of carbonyl (C=O) groups excluding carboxylic acids is 2. The van der Waals surface area contributed by atoms with Gasteiger partial charge in [0.05, 0.1) is 0 Å². The molecular formula is C13H23ClN2O3. The van der Waals surface area contributed by atoms with E-state index in [1.807, 2.05) is 13.8 Å². The van der Waals surface area contributed by atoms with Crippen molar-refractivity contribution in [2.24, 2.45) is 11.7 Å². The molecule has 0 aromatic heterocycles. The van der Waals surface area contributed by atoms with Crippen molar-refractivity contribution >= 4 is 23.6 Å². The van der Waals surface area contributed by atoms with Gasteiger partial charge in [-0.2, -0.15) is 0 Å². The topological polar surface area (TPSA) is 81.4 Å². The Morgan fingerprint density at radius 2 is 1.89 bits per heavy atom. The molecule has 0 aromatic rings. The van der Waals surface area contributed by atoms with E-state index in [-0.39, 0.29) is 17.8 Å². The molecule has 0 spiro atoms. The van der Waals surface area contributed by atoms with Gasteiger partial charge in [0.1, 0.15) is 11.5 Å². The van der Waals surface area contributed by atoms with Crippen LogP contribution in [-0.2, 0) is 9.53 Å². The quantitative estimate of drug-likeness (QED) is 0.761. The number of primary amides is 1. The third-order valence-electron chi connectivity index (χ3n) is 3.49. The number of ether oxygens (including phenoxy) is 1. The van der Waals surface area contributed by atoms with E-state index in [1.54, 1.807) is 0 Å². The molecule has 2 amide bonds. The zero-order valence-electron chi connectivity index (χ0n) is 11.6. The summed E-state index contributed by atoms with van der Waals surface area (Å²) < 4.78 is 5.10. The molecule has 0 aliphatic heterocycles. The van der Waals surface area contributed by atoms with Crippen LogP contribution in [0.5, 0.6) is 0 Å². The highest BCUT2D eigenvalue weighted by molar-refractivity contribution is 6.27. The van der Waals surface area contributed by atoms with E-state index in [4.69, 9.17) is 22.1 Å². The molecule has 1 aliphatic carbocycles. The van der Waals surface area contributed by atoms with Crippen LogP contribution in [0, 0.1) is 5.92 Å². The van der Waals surface area contributed by atoms with Gasteiger partial charge in [-0.15, -0.1) is 11.6 Å². The zero-order chi connectivity index (χ0) is 14.5. The maximum absolute atomic E-state index is 11.2. The van der Waals surface area contributed by atoms with E-state index in [9.17, 15) is 9.59 Å². The molecule has 0 aromatic carbocycles. The number of rotatable bonds is 5. The normalized spacial score (nSPS) is 23.7. The minimum atomic E-state index is -0.729. The van der Waals surface area contributed by atoms with Crippen molar-refractivity contribution in [3.05, 3.63) is 0 Å². The SMILES string of the molecule is CC(C)(CC1CCC(NC(=O)CCl)CC1)OC(N)=O. The number of hydrogen-bond donors (Lipinski definition) is 2. The van der Waals surface area contributed by atoms with Crippen LogP contribution in [0.15, 0.2) is 0 Å². The molecule has 0 heterocycles. The van der Waals surface area contributed by atoms with Gasteiger partial charge in [0.15, 0.2) is 0 Å². The van der Waals surface area contributed by atoms with Gasteiger partial charge in [0, 0.05) is 6.04 Å². The van der Waals surface area contributed by atoms with Gasteiger partial charge in [-0.05, 0) is 51.9 Å². The first kappa shape index (κ1) is 16.1. The first-order chi connectivity index (χ1) is 8.82. The molecule has 6 heteroatoms. The molecule has 0 bridgehead atoms. The Kier molecular flexibility index (Phi) is 5.91. The Morgan fingerprint density at radius 3 is 2.37 bits per heavy atom. The highest BCUT2D eigenvalue weighted by Crippen LogP contribution is 2.32. The van der Waals surface area contributed by atoms with Crippen LogP contribution in [-0.4, -0.2) is 29.5 Å². The average molecular weight is 291 g/mol. The van der Waals surface area contributed by atoms with Gasteiger partial charge in [-0.3, -0.25) is 4.79 Å². The van der Waals surface area contributed by atoms with E-state index in [0.29, 0.717) is 5.92 Å². The van der Waals surface area contributed by atoms with Crippen LogP contribution in [0.2, 0.25) is 0 Å². The maximum Gasteiger partial charge on any atom is 0.405 e. The smallest absolute Gasteiger partial charge is 0.405 e. The molecule has 5 nitrogen and oxygen atoms in total. The Morgan fingerprint density at radius 1 is 1.32 bits per heavy atom. The summed E-state index contributed by atoms with van der Waals surface area (Å²) in [7, 11) is 0. The van der Waals surface area contributed by atoms with Crippen LogP contribution in [0.3, 0.4) is 0 Å². The number of hydrogen-bond acceptors (Lipinski definition) is 3. The summed E-state index contributed by atoms with van der Waals surface area (Å²) in [5.74, 6) is 0.403. The maximum atomic E-state index is 11.2. The van der Waals surface area contributed by atoms with Gasteiger partial charge in [0.2, 0.25) is 5.91 Å². The molecule has 3 N–H and O–H groups in total. The van der Waals surface area contributed by atoms with E-state index >= 15 is 0 Å². The summed E-state index contributed by atoms with van der Waals surface area (Å²) in [6, 6.07) is 0.225. The molecule has 0 unspecified atom stereocenters. The number of nitrogens with two attached hydrogens (primary N) is 1. The molecule has 0 radical (unpaired) electrons.